The summed E-state index contributed by atoms with van der Waals surface area (Å²) in [6, 6.07) is 12.0. The van der Waals surface area contributed by atoms with Crippen LogP contribution in [0.15, 0.2) is 42.5 Å². The molecular formula is C27H31N5O5S. The molecule has 2 aromatic carbocycles. The van der Waals surface area contributed by atoms with Crippen LogP contribution < -0.4 is 14.4 Å². The van der Waals surface area contributed by atoms with Gasteiger partial charge in [-0.2, -0.15) is 4.37 Å². The largest absolute Gasteiger partial charge is 0.493 e. The molecule has 1 amide bonds. The number of carbonyl (C=O) groups excluding carboxylic acids is 1. The monoisotopic (exact) mass is 537 g/mol. The Kier molecular flexibility index (Phi) is 7.73. The van der Waals surface area contributed by atoms with E-state index in [-0.39, 0.29) is 28.7 Å². The van der Waals surface area contributed by atoms with Gasteiger partial charge in [-0.15, -0.1) is 0 Å². The molecule has 1 aliphatic heterocycles. The highest BCUT2D eigenvalue weighted by Crippen LogP contribution is 2.33. The van der Waals surface area contributed by atoms with Gasteiger partial charge in [-0.05, 0) is 50.8 Å². The second kappa shape index (κ2) is 11.3. The van der Waals surface area contributed by atoms with Crippen LogP contribution in [0.1, 0.15) is 54.4 Å². The van der Waals surface area contributed by atoms with Crippen molar-refractivity contribution < 1.29 is 19.2 Å². The van der Waals surface area contributed by atoms with E-state index in [9.17, 15) is 14.9 Å². The second-order valence-corrected chi connectivity index (χ2v) is 10.5. The minimum absolute atomic E-state index is 0.0367. The first-order chi connectivity index (χ1) is 18.4. The fraction of sp³-hybridized carbons (Fsp3) is 0.444. The molecule has 2 aliphatic rings. The first kappa shape index (κ1) is 25.9. The van der Waals surface area contributed by atoms with Gasteiger partial charge in [0.2, 0.25) is 5.13 Å². The van der Waals surface area contributed by atoms with E-state index in [4.69, 9.17) is 9.47 Å². The Labute approximate surface area is 225 Å². The molecule has 1 saturated carbocycles. The number of hydrogen-bond donors (Lipinski definition) is 0. The average molecular weight is 538 g/mol. The Morgan fingerprint density at radius 2 is 1.95 bits per heavy atom. The van der Waals surface area contributed by atoms with Gasteiger partial charge >= 0.3 is 0 Å². The lowest BCUT2D eigenvalue weighted by Crippen LogP contribution is -2.54. The van der Waals surface area contributed by atoms with Crippen molar-refractivity contribution in [2.75, 3.05) is 31.6 Å². The summed E-state index contributed by atoms with van der Waals surface area (Å²) in [6.07, 6.45) is 4.84. The molecule has 11 heteroatoms. The van der Waals surface area contributed by atoms with Gasteiger partial charge in [0.15, 0.2) is 11.5 Å². The fourth-order valence-corrected chi connectivity index (χ4v) is 5.86. The first-order valence-electron chi connectivity index (χ1n) is 12.9. The molecule has 1 aromatic heterocycles. The molecule has 2 fully saturated rings. The van der Waals surface area contributed by atoms with Crippen molar-refractivity contribution in [2.24, 2.45) is 0 Å². The Morgan fingerprint density at radius 1 is 1.16 bits per heavy atom. The molecular weight excluding hydrogens is 506 g/mol. The molecule has 0 bridgehead atoms. The first-order valence-corrected chi connectivity index (χ1v) is 13.7. The minimum Gasteiger partial charge on any atom is -0.493 e. The van der Waals surface area contributed by atoms with Crippen molar-refractivity contribution in [2.45, 2.75) is 51.2 Å². The number of nitro groups is 1. The fourth-order valence-electron chi connectivity index (χ4n) is 5.14. The van der Waals surface area contributed by atoms with Crippen molar-refractivity contribution in [3.8, 4) is 11.5 Å². The molecule has 38 heavy (non-hydrogen) atoms. The van der Waals surface area contributed by atoms with Gasteiger partial charge in [0, 0.05) is 60.8 Å². The SMILES string of the molecule is COc1ccc(C(=O)N2CCN(c3nc(Cc4ccccc4[N+](=O)[O-])ns3)CC2C)cc1OC1CCCC1. The normalized spacial score (nSPS) is 18.0. The van der Waals surface area contributed by atoms with E-state index in [1.54, 1.807) is 43.5 Å². The third-order valence-corrected chi connectivity index (χ3v) is 7.97. The van der Waals surface area contributed by atoms with Gasteiger partial charge in [0.25, 0.3) is 11.6 Å². The van der Waals surface area contributed by atoms with Gasteiger partial charge in [0.05, 0.1) is 18.1 Å². The predicted molar refractivity (Wildman–Crippen MR) is 144 cm³/mol. The third kappa shape index (κ3) is 5.57. The number of rotatable bonds is 8. The number of piperazine rings is 1. The van der Waals surface area contributed by atoms with Crippen LogP contribution in [-0.2, 0) is 6.42 Å². The molecule has 3 aromatic rings. The Morgan fingerprint density at radius 3 is 2.68 bits per heavy atom. The quantitative estimate of drug-likeness (QED) is 0.300. The van der Waals surface area contributed by atoms with E-state index in [2.05, 4.69) is 14.3 Å². The maximum absolute atomic E-state index is 13.5. The lowest BCUT2D eigenvalue weighted by molar-refractivity contribution is -0.385. The van der Waals surface area contributed by atoms with Crippen LogP contribution in [-0.4, -0.2) is 64.0 Å². The molecule has 10 nitrogen and oxygen atoms in total. The maximum atomic E-state index is 13.5. The topological polar surface area (TPSA) is 111 Å². The zero-order chi connectivity index (χ0) is 26.6. The van der Waals surface area contributed by atoms with Crippen molar-refractivity contribution >= 4 is 28.3 Å². The Balaban J connectivity index is 1.24. The van der Waals surface area contributed by atoms with Crippen molar-refractivity contribution in [1.29, 1.82) is 0 Å². The van der Waals surface area contributed by atoms with E-state index >= 15 is 0 Å². The summed E-state index contributed by atoms with van der Waals surface area (Å²) in [5, 5.41) is 12.1. The molecule has 0 N–H and O–H groups in total. The number of carbonyl (C=O) groups is 1. The van der Waals surface area contributed by atoms with Gasteiger partial charge in [-0.1, -0.05) is 18.2 Å². The van der Waals surface area contributed by atoms with Crippen LogP contribution in [0.5, 0.6) is 11.5 Å². The maximum Gasteiger partial charge on any atom is 0.273 e. The molecule has 5 rings (SSSR count). The molecule has 1 aliphatic carbocycles. The molecule has 0 radical (unpaired) electrons. The molecule has 1 saturated heterocycles. The number of hydrogen-bond acceptors (Lipinski definition) is 9. The number of methoxy groups -OCH3 is 1. The number of amides is 1. The van der Waals surface area contributed by atoms with Crippen molar-refractivity contribution in [1.82, 2.24) is 14.3 Å². The molecule has 0 spiro atoms. The summed E-state index contributed by atoms with van der Waals surface area (Å²) < 4.78 is 16.1. The van der Waals surface area contributed by atoms with Crippen LogP contribution in [0.4, 0.5) is 10.8 Å². The summed E-state index contributed by atoms with van der Waals surface area (Å²) in [7, 11) is 1.61. The number of nitro benzene ring substituents is 1. The highest BCUT2D eigenvalue weighted by atomic mass is 32.1. The summed E-state index contributed by atoms with van der Waals surface area (Å²) in [6.45, 7) is 3.81. The zero-order valence-electron chi connectivity index (χ0n) is 21.5. The van der Waals surface area contributed by atoms with Gasteiger partial charge in [-0.25, -0.2) is 4.98 Å². The Bertz CT molecular complexity index is 1310. The summed E-state index contributed by atoms with van der Waals surface area (Å²) >= 11 is 1.28. The summed E-state index contributed by atoms with van der Waals surface area (Å²) in [5.41, 5.74) is 1.24. The molecule has 1 unspecified atom stereocenters. The van der Waals surface area contributed by atoms with Crippen LogP contribution in [0.2, 0.25) is 0 Å². The molecule has 1 atom stereocenters. The average Bonchev–Trinajstić information content (AvgIpc) is 3.61. The number of ether oxygens (including phenoxy) is 2. The van der Waals surface area contributed by atoms with E-state index < -0.39 is 0 Å². The smallest absolute Gasteiger partial charge is 0.273 e. The number of nitrogens with zero attached hydrogens (tertiary/aromatic N) is 5. The number of anilines is 1. The van der Waals surface area contributed by atoms with E-state index in [0.29, 0.717) is 54.5 Å². The van der Waals surface area contributed by atoms with Crippen LogP contribution >= 0.6 is 11.5 Å². The second-order valence-electron chi connectivity index (χ2n) is 9.74. The van der Waals surface area contributed by atoms with Crippen LogP contribution in [0.3, 0.4) is 0 Å². The zero-order valence-corrected chi connectivity index (χ0v) is 22.4. The lowest BCUT2D eigenvalue weighted by atomic mass is 10.1. The van der Waals surface area contributed by atoms with E-state index in [0.717, 1.165) is 30.8 Å². The van der Waals surface area contributed by atoms with E-state index in [1.165, 1.54) is 17.6 Å². The van der Waals surface area contributed by atoms with Gasteiger partial charge in [-0.3, -0.25) is 14.9 Å². The minimum atomic E-state index is -0.382. The number of aromatic nitrogens is 2. The number of benzene rings is 2. The van der Waals surface area contributed by atoms with Gasteiger partial charge in [0.1, 0.15) is 5.82 Å². The molecule has 2 heterocycles. The van der Waals surface area contributed by atoms with E-state index in [1.807, 2.05) is 11.8 Å². The Hall–Kier alpha value is -3.73. The summed E-state index contributed by atoms with van der Waals surface area (Å²) in [4.78, 5) is 33.1. The van der Waals surface area contributed by atoms with Gasteiger partial charge < -0.3 is 19.3 Å². The van der Waals surface area contributed by atoms with Crippen LogP contribution in [0, 0.1) is 10.1 Å². The lowest BCUT2D eigenvalue weighted by Gasteiger charge is -2.39. The van der Waals surface area contributed by atoms with Crippen molar-refractivity contribution in [3.63, 3.8) is 0 Å². The standard InChI is InChI=1S/C27H31N5O5S/c1-18-17-30(27-28-25(29-38-27)16-19-7-3-6-10-22(19)32(34)35)13-14-31(18)26(33)20-11-12-23(36-2)24(15-20)37-21-8-4-5-9-21/h3,6-7,10-12,15,18,21H,4-5,8-9,13-14,16-17H2,1-2H3. The highest BCUT2D eigenvalue weighted by molar-refractivity contribution is 7.09. The summed E-state index contributed by atoms with van der Waals surface area (Å²) in [5.74, 6) is 1.78. The number of para-hydroxylation sites is 1. The van der Waals surface area contributed by atoms with Crippen LogP contribution in [0.25, 0.3) is 0 Å². The van der Waals surface area contributed by atoms with Crippen molar-refractivity contribution in [3.05, 3.63) is 69.5 Å². The molecule has 200 valence electrons. The third-order valence-electron chi connectivity index (χ3n) is 7.16. The predicted octanol–water partition coefficient (Wildman–Crippen LogP) is 4.72. The highest BCUT2D eigenvalue weighted by Gasteiger charge is 2.30.